The van der Waals surface area contributed by atoms with Crippen molar-refractivity contribution in [2.45, 2.75) is 11.2 Å². The van der Waals surface area contributed by atoms with Crippen molar-refractivity contribution >= 4 is 17.7 Å². The van der Waals surface area contributed by atoms with Crippen LogP contribution in [-0.4, -0.2) is 26.3 Å². The van der Waals surface area contributed by atoms with E-state index in [0.717, 1.165) is 5.56 Å². The van der Waals surface area contributed by atoms with Crippen molar-refractivity contribution in [3.8, 4) is 11.1 Å². The quantitative estimate of drug-likeness (QED) is 0.485. The number of hydrogen-bond donors (Lipinski definition) is 0. The van der Waals surface area contributed by atoms with Crippen molar-refractivity contribution < 1.29 is 14.5 Å². The van der Waals surface area contributed by atoms with Gasteiger partial charge in [0.15, 0.2) is 5.69 Å². The van der Waals surface area contributed by atoms with Crippen LogP contribution in [0.4, 0.5) is 0 Å². The fraction of sp³-hybridized carbons (Fsp3) is 0.167. The van der Waals surface area contributed by atoms with Crippen molar-refractivity contribution in [1.82, 2.24) is 14.5 Å². The summed E-state index contributed by atoms with van der Waals surface area (Å²) in [6.07, 6.45) is 4.78. The average Bonchev–Trinajstić information content (AvgIpc) is 3.11. The molecule has 1 aromatic carbocycles. The number of aromatic nitrogens is 4. The number of nitrogens with zero attached hydrogens (tertiary/aromatic N) is 4. The molecule has 130 valence electrons. The lowest BCUT2D eigenvalue weighted by Crippen LogP contribution is -2.49. The Labute approximate surface area is 153 Å². The molecule has 3 heterocycles. The molecule has 2 aromatic heterocycles. The molecule has 7 nitrogen and oxygen atoms in total. The number of benzene rings is 1. The van der Waals surface area contributed by atoms with Gasteiger partial charge in [-0.2, -0.15) is 4.57 Å². The van der Waals surface area contributed by atoms with Gasteiger partial charge in [-0.3, -0.25) is 0 Å². The smallest absolute Gasteiger partial charge is 0.347 e. The van der Waals surface area contributed by atoms with Crippen LogP contribution in [0, 0.1) is 0 Å². The van der Waals surface area contributed by atoms with E-state index < -0.39 is 5.97 Å². The van der Waals surface area contributed by atoms with Gasteiger partial charge < -0.3 is 9.90 Å². The minimum Gasteiger partial charge on any atom is -0.541 e. The average molecular weight is 366 g/mol. The van der Waals surface area contributed by atoms with Crippen LogP contribution in [0.2, 0.25) is 0 Å². The zero-order valence-electron chi connectivity index (χ0n) is 13.8. The minimum atomic E-state index is -1.38. The van der Waals surface area contributed by atoms with E-state index in [2.05, 4.69) is 9.97 Å². The molecule has 4 rings (SSSR count). The predicted molar refractivity (Wildman–Crippen MR) is 92.5 cm³/mol. The summed E-state index contributed by atoms with van der Waals surface area (Å²) < 4.78 is 3.14. The molecule has 0 spiro atoms. The molecule has 1 aliphatic heterocycles. The van der Waals surface area contributed by atoms with E-state index in [1.165, 1.54) is 22.7 Å². The molecule has 0 bridgehead atoms. The maximum Gasteiger partial charge on any atom is 0.347 e. The van der Waals surface area contributed by atoms with Crippen molar-refractivity contribution in [3.63, 3.8) is 0 Å². The van der Waals surface area contributed by atoms with Gasteiger partial charge in [-0.15, -0.1) is 0 Å². The first-order valence-corrected chi connectivity index (χ1v) is 8.91. The molecule has 26 heavy (non-hydrogen) atoms. The number of carbonyl (C=O) groups is 1. The molecular weight excluding hydrogens is 352 g/mol. The Morgan fingerprint density at radius 1 is 1.27 bits per heavy atom. The summed E-state index contributed by atoms with van der Waals surface area (Å²) in [4.78, 5) is 33.2. The van der Waals surface area contributed by atoms with Gasteiger partial charge in [-0.1, -0.05) is 30.3 Å². The molecule has 0 fully saturated rings. The van der Waals surface area contributed by atoms with Crippen LogP contribution in [0.15, 0.2) is 59.0 Å². The van der Waals surface area contributed by atoms with Crippen molar-refractivity contribution in [2.24, 2.45) is 7.05 Å². The predicted octanol–water partition coefficient (Wildman–Crippen LogP) is 0.188. The van der Waals surface area contributed by atoms with Crippen LogP contribution in [0.1, 0.15) is 22.1 Å². The molecule has 0 N–H and O–H groups in total. The molecule has 0 unspecified atom stereocenters. The number of fused-ring (bicyclic) bond motifs is 1. The van der Waals surface area contributed by atoms with E-state index >= 15 is 0 Å². The van der Waals surface area contributed by atoms with E-state index in [1.54, 1.807) is 48.3 Å². The van der Waals surface area contributed by atoms with Crippen LogP contribution in [0.3, 0.4) is 0 Å². The Kier molecular flexibility index (Phi) is 4.04. The Hall–Kier alpha value is -3.00. The number of carboxylic acid groups (broad SMARTS) is 1. The molecule has 1 aliphatic rings. The van der Waals surface area contributed by atoms with Gasteiger partial charge in [0.2, 0.25) is 0 Å². The summed E-state index contributed by atoms with van der Waals surface area (Å²) >= 11 is 1.43. The van der Waals surface area contributed by atoms with E-state index in [9.17, 15) is 14.7 Å². The van der Waals surface area contributed by atoms with Gasteiger partial charge in [-0.05, 0) is 17.3 Å². The maximum absolute atomic E-state index is 13.3. The fourth-order valence-electron chi connectivity index (χ4n) is 3.23. The van der Waals surface area contributed by atoms with Crippen LogP contribution >= 0.6 is 11.8 Å². The lowest BCUT2D eigenvalue weighted by atomic mass is 10.0. The summed E-state index contributed by atoms with van der Waals surface area (Å²) in [6.45, 7) is 0. The lowest BCUT2D eigenvalue weighted by Gasteiger charge is -2.14. The Morgan fingerprint density at radius 2 is 1.96 bits per heavy atom. The maximum atomic E-state index is 13.3. The largest absolute Gasteiger partial charge is 0.541 e. The van der Waals surface area contributed by atoms with E-state index in [1.807, 2.05) is 6.07 Å². The normalized spacial score (nSPS) is 15.7. The second-order valence-electron chi connectivity index (χ2n) is 5.89. The second kappa shape index (κ2) is 6.38. The van der Waals surface area contributed by atoms with Gasteiger partial charge in [-0.25, -0.2) is 19.3 Å². The molecular formula is C18H14N4O3S. The topological polar surface area (TPSA) is 91.8 Å². The third kappa shape index (κ3) is 2.50. The van der Waals surface area contributed by atoms with Gasteiger partial charge in [0, 0.05) is 18.0 Å². The molecule has 0 saturated heterocycles. The first-order valence-electron chi connectivity index (χ1n) is 7.92. The number of aromatic carboxylic acids is 1. The Balaban J connectivity index is 2.04. The first kappa shape index (κ1) is 16.5. The van der Waals surface area contributed by atoms with Crippen molar-refractivity contribution in [1.29, 1.82) is 0 Å². The van der Waals surface area contributed by atoms with E-state index in [-0.39, 0.29) is 22.9 Å². The SMILES string of the molecule is C[n+]1c(C(=O)[O-])c(-c2ccccc2)c(=O)n2c1SC[C@@H]2c1cncnc1. The van der Waals surface area contributed by atoms with Gasteiger partial charge in [0.05, 0.1) is 12.8 Å². The summed E-state index contributed by atoms with van der Waals surface area (Å²) in [5.74, 6) is -0.778. The Morgan fingerprint density at radius 3 is 2.62 bits per heavy atom. The number of carbonyl (C=O) groups excluding carboxylic acids is 1. The minimum absolute atomic E-state index is 0.120. The summed E-state index contributed by atoms with van der Waals surface area (Å²) in [7, 11) is 1.64. The zero-order chi connectivity index (χ0) is 18.3. The summed E-state index contributed by atoms with van der Waals surface area (Å²) in [6, 6.07) is 8.53. The highest BCUT2D eigenvalue weighted by atomic mass is 32.2. The molecule has 3 aromatic rings. The molecule has 0 radical (unpaired) electrons. The van der Waals surface area contributed by atoms with Crippen molar-refractivity contribution in [3.05, 3.63) is 70.7 Å². The van der Waals surface area contributed by atoms with Crippen LogP contribution < -0.4 is 15.2 Å². The molecule has 0 aliphatic carbocycles. The molecule has 0 amide bonds. The molecule has 0 saturated carbocycles. The lowest BCUT2D eigenvalue weighted by molar-refractivity contribution is -0.718. The fourth-order valence-corrected chi connectivity index (χ4v) is 4.52. The van der Waals surface area contributed by atoms with E-state index in [0.29, 0.717) is 16.5 Å². The highest BCUT2D eigenvalue weighted by molar-refractivity contribution is 7.99. The van der Waals surface area contributed by atoms with Crippen LogP contribution in [-0.2, 0) is 7.05 Å². The summed E-state index contributed by atoms with van der Waals surface area (Å²) in [5, 5.41) is 12.4. The monoisotopic (exact) mass is 366 g/mol. The first-order chi connectivity index (χ1) is 12.6. The van der Waals surface area contributed by atoms with Crippen LogP contribution in [0.25, 0.3) is 11.1 Å². The van der Waals surface area contributed by atoms with Crippen molar-refractivity contribution in [2.75, 3.05) is 5.75 Å². The third-order valence-corrected chi connectivity index (χ3v) is 5.61. The summed E-state index contributed by atoms with van der Waals surface area (Å²) in [5.41, 5.74) is 0.997. The zero-order valence-corrected chi connectivity index (χ0v) is 14.6. The van der Waals surface area contributed by atoms with Crippen LogP contribution in [0.5, 0.6) is 0 Å². The van der Waals surface area contributed by atoms with Gasteiger partial charge in [0.1, 0.15) is 23.9 Å². The number of thioether (sulfide) groups is 1. The highest BCUT2D eigenvalue weighted by Gasteiger charge is 2.39. The number of rotatable bonds is 3. The third-order valence-electron chi connectivity index (χ3n) is 4.40. The van der Waals surface area contributed by atoms with E-state index in [4.69, 9.17) is 0 Å². The standard InChI is InChI=1S/C18H14N4O3S/c1-21-15(17(24)25)14(11-5-3-2-4-6-11)16(23)22-13(9-26-18(21)22)12-7-19-10-20-8-12/h2-8,10,13H,9H2,1H3/t13-/m1/s1. The van der Waals surface area contributed by atoms with Gasteiger partial charge in [0.25, 0.3) is 0 Å². The number of hydrogen-bond acceptors (Lipinski definition) is 6. The molecule has 1 atom stereocenters. The highest BCUT2D eigenvalue weighted by Crippen LogP contribution is 2.34. The number of carboxylic acids is 1. The van der Waals surface area contributed by atoms with Gasteiger partial charge >= 0.3 is 10.7 Å². The second-order valence-corrected chi connectivity index (χ2v) is 6.88. The molecule has 8 heteroatoms. The Bertz CT molecular complexity index is 1050.